The van der Waals surface area contributed by atoms with Crippen LogP contribution in [-0.2, 0) is 9.53 Å². The van der Waals surface area contributed by atoms with Gasteiger partial charge in [-0.25, -0.2) is 4.79 Å². The number of carbonyl (C=O) groups is 1. The zero-order valence-electron chi connectivity index (χ0n) is 18.1. The molecule has 0 rings (SSSR count). The molecule has 0 bridgehead atoms. The molecule has 0 aromatic carbocycles. The predicted octanol–water partition coefficient (Wildman–Crippen LogP) is 8.15. The second kappa shape index (κ2) is 20.5. The first-order chi connectivity index (χ1) is 12.8. The van der Waals surface area contributed by atoms with E-state index in [-0.39, 0.29) is 5.97 Å². The van der Waals surface area contributed by atoms with E-state index >= 15 is 0 Å². The van der Waals surface area contributed by atoms with E-state index in [0.717, 1.165) is 31.3 Å². The molecule has 0 spiro atoms. The molecule has 0 fully saturated rings. The maximum Gasteiger partial charge on any atom is 0.333 e. The van der Waals surface area contributed by atoms with E-state index in [4.69, 9.17) is 4.74 Å². The highest BCUT2D eigenvalue weighted by Gasteiger charge is 2.07. The topological polar surface area (TPSA) is 26.3 Å². The Labute approximate surface area is 164 Å². The van der Waals surface area contributed by atoms with Crippen LogP contribution in [0.2, 0.25) is 0 Å². The summed E-state index contributed by atoms with van der Waals surface area (Å²) in [6, 6.07) is 0. The summed E-state index contributed by atoms with van der Waals surface area (Å²) in [7, 11) is 0. The molecular weight excluding hydrogens is 320 g/mol. The van der Waals surface area contributed by atoms with Gasteiger partial charge in [0.25, 0.3) is 0 Å². The molecule has 2 heteroatoms. The highest BCUT2D eigenvalue weighted by atomic mass is 16.5. The van der Waals surface area contributed by atoms with Crippen LogP contribution in [-0.4, -0.2) is 12.6 Å². The number of ether oxygens (including phenoxy) is 1. The molecule has 0 aromatic heterocycles. The number of rotatable bonds is 19. The van der Waals surface area contributed by atoms with E-state index in [9.17, 15) is 4.79 Å². The third kappa shape index (κ3) is 16.7. The van der Waals surface area contributed by atoms with E-state index in [0.29, 0.717) is 6.61 Å². The third-order valence-electron chi connectivity index (χ3n) is 5.05. The molecular formula is C24H46O2. The van der Waals surface area contributed by atoms with Gasteiger partial charge < -0.3 is 4.74 Å². The summed E-state index contributed by atoms with van der Waals surface area (Å²) in [5, 5.41) is 0. The molecule has 2 nitrogen and oxygen atoms in total. The number of carbonyl (C=O) groups excluding carboxylic acids is 1. The largest absolute Gasteiger partial charge is 0.462 e. The quantitative estimate of drug-likeness (QED) is 0.131. The molecule has 0 saturated carbocycles. The van der Waals surface area contributed by atoms with Crippen molar-refractivity contribution in [2.24, 2.45) is 0 Å². The number of unbranched alkanes of at least 4 members (excludes halogenated alkanes) is 14. The van der Waals surface area contributed by atoms with Crippen LogP contribution in [0.3, 0.4) is 0 Å². The van der Waals surface area contributed by atoms with Gasteiger partial charge in [0.15, 0.2) is 0 Å². The number of hydrogen-bond acceptors (Lipinski definition) is 2. The molecule has 0 aromatic rings. The van der Waals surface area contributed by atoms with Gasteiger partial charge in [-0.1, -0.05) is 117 Å². The minimum absolute atomic E-state index is 0.101. The lowest BCUT2D eigenvalue weighted by molar-refractivity contribution is -0.139. The van der Waals surface area contributed by atoms with Gasteiger partial charge in [-0.3, -0.25) is 0 Å². The normalized spacial score (nSPS) is 11.7. The van der Waals surface area contributed by atoms with Crippen molar-refractivity contribution in [1.82, 2.24) is 0 Å². The van der Waals surface area contributed by atoms with Crippen LogP contribution in [0.1, 0.15) is 130 Å². The Bertz CT molecular complexity index is 333. The Morgan fingerprint density at radius 2 is 1.12 bits per heavy atom. The minimum Gasteiger partial charge on any atom is -0.462 e. The standard InChI is InChI=1S/C24H46O2/c1-4-7-9-10-11-12-13-14-15-16-17-18-19-20-22-26-24(25)23(6-3)21-8-5-2/h21H,4-20,22H2,1-3H3. The molecule has 0 unspecified atom stereocenters. The summed E-state index contributed by atoms with van der Waals surface area (Å²) < 4.78 is 5.39. The molecule has 0 aliphatic heterocycles. The van der Waals surface area contributed by atoms with Gasteiger partial charge in [0, 0.05) is 5.57 Å². The van der Waals surface area contributed by atoms with E-state index < -0.39 is 0 Å². The number of allylic oxidation sites excluding steroid dienone is 1. The van der Waals surface area contributed by atoms with Crippen molar-refractivity contribution in [3.8, 4) is 0 Å². The predicted molar refractivity (Wildman–Crippen MR) is 115 cm³/mol. The lowest BCUT2D eigenvalue weighted by Crippen LogP contribution is -2.08. The molecule has 0 atom stereocenters. The van der Waals surface area contributed by atoms with Crippen molar-refractivity contribution < 1.29 is 9.53 Å². The first kappa shape index (κ1) is 25.2. The van der Waals surface area contributed by atoms with Crippen molar-refractivity contribution in [1.29, 1.82) is 0 Å². The van der Waals surface area contributed by atoms with Crippen molar-refractivity contribution >= 4 is 5.97 Å². The molecule has 0 amide bonds. The molecule has 0 radical (unpaired) electrons. The number of hydrogen-bond donors (Lipinski definition) is 0. The van der Waals surface area contributed by atoms with Crippen LogP contribution in [0.25, 0.3) is 0 Å². The summed E-state index contributed by atoms with van der Waals surface area (Å²) in [5.41, 5.74) is 0.845. The lowest BCUT2D eigenvalue weighted by Gasteiger charge is -2.07. The average molecular weight is 367 g/mol. The summed E-state index contributed by atoms with van der Waals surface area (Å²) in [5.74, 6) is -0.101. The van der Waals surface area contributed by atoms with Gasteiger partial charge in [-0.05, 0) is 19.3 Å². The Balaban J connectivity index is 3.32. The maximum atomic E-state index is 11.9. The monoisotopic (exact) mass is 366 g/mol. The van der Waals surface area contributed by atoms with Gasteiger partial charge in [0.05, 0.1) is 6.61 Å². The first-order valence-electron chi connectivity index (χ1n) is 11.6. The van der Waals surface area contributed by atoms with Gasteiger partial charge in [0.1, 0.15) is 0 Å². The lowest BCUT2D eigenvalue weighted by atomic mass is 10.0. The van der Waals surface area contributed by atoms with Crippen LogP contribution >= 0.6 is 0 Å². The van der Waals surface area contributed by atoms with Gasteiger partial charge in [-0.2, -0.15) is 0 Å². The fourth-order valence-electron chi connectivity index (χ4n) is 3.24. The molecule has 0 N–H and O–H groups in total. The van der Waals surface area contributed by atoms with Crippen LogP contribution in [0, 0.1) is 0 Å². The average Bonchev–Trinajstić information content (AvgIpc) is 2.65. The van der Waals surface area contributed by atoms with Crippen LogP contribution in [0.15, 0.2) is 11.6 Å². The highest BCUT2D eigenvalue weighted by molar-refractivity contribution is 5.88. The summed E-state index contributed by atoms with van der Waals surface area (Å²) in [4.78, 5) is 11.9. The molecule has 0 saturated heterocycles. The summed E-state index contributed by atoms with van der Waals surface area (Å²) >= 11 is 0. The molecule has 154 valence electrons. The van der Waals surface area contributed by atoms with Crippen LogP contribution < -0.4 is 0 Å². The Kier molecular flexibility index (Phi) is 19.9. The van der Waals surface area contributed by atoms with E-state index in [2.05, 4.69) is 13.8 Å². The zero-order chi connectivity index (χ0) is 19.3. The van der Waals surface area contributed by atoms with E-state index in [1.54, 1.807) is 0 Å². The number of esters is 1. The molecule has 0 aliphatic carbocycles. The highest BCUT2D eigenvalue weighted by Crippen LogP contribution is 2.13. The SMILES string of the molecule is CCCC=C(CC)C(=O)OCCCCCCCCCCCCCCCC. The van der Waals surface area contributed by atoms with Crippen LogP contribution in [0.4, 0.5) is 0 Å². The first-order valence-corrected chi connectivity index (χ1v) is 11.6. The van der Waals surface area contributed by atoms with Crippen molar-refractivity contribution in [2.45, 2.75) is 130 Å². The third-order valence-corrected chi connectivity index (χ3v) is 5.05. The minimum atomic E-state index is -0.101. The second-order valence-corrected chi connectivity index (χ2v) is 7.60. The molecule has 0 heterocycles. The van der Waals surface area contributed by atoms with Crippen LogP contribution in [0.5, 0.6) is 0 Å². The van der Waals surface area contributed by atoms with E-state index in [1.165, 1.54) is 83.5 Å². The van der Waals surface area contributed by atoms with Crippen molar-refractivity contribution in [3.63, 3.8) is 0 Å². The summed E-state index contributed by atoms with van der Waals surface area (Å²) in [6.07, 6.45) is 23.8. The fraction of sp³-hybridized carbons (Fsp3) is 0.875. The van der Waals surface area contributed by atoms with Crippen molar-refractivity contribution in [2.75, 3.05) is 6.61 Å². The zero-order valence-corrected chi connectivity index (χ0v) is 18.1. The fourth-order valence-corrected chi connectivity index (χ4v) is 3.24. The van der Waals surface area contributed by atoms with Gasteiger partial charge >= 0.3 is 5.97 Å². The van der Waals surface area contributed by atoms with Gasteiger partial charge in [0.2, 0.25) is 0 Å². The Morgan fingerprint density at radius 1 is 0.654 bits per heavy atom. The molecule has 26 heavy (non-hydrogen) atoms. The summed E-state index contributed by atoms with van der Waals surface area (Å²) in [6.45, 7) is 7.01. The Morgan fingerprint density at radius 3 is 1.54 bits per heavy atom. The maximum absolute atomic E-state index is 11.9. The smallest absolute Gasteiger partial charge is 0.333 e. The Hall–Kier alpha value is -0.790. The van der Waals surface area contributed by atoms with Crippen molar-refractivity contribution in [3.05, 3.63) is 11.6 Å². The molecule has 0 aliphatic rings. The van der Waals surface area contributed by atoms with E-state index in [1.807, 2.05) is 13.0 Å². The second-order valence-electron chi connectivity index (χ2n) is 7.60. The van der Waals surface area contributed by atoms with Gasteiger partial charge in [-0.15, -0.1) is 0 Å².